The molecule has 0 unspecified atom stereocenters. The molecule has 0 atom stereocenters. The number of aryl methyl sites for hydroxylation is 1. The fraction of sp³-hybridized carbons (Fsp3) is 0.714. The number of aromatic nitrogens is 3. The molecule has 0 aliphatic rings. The first kappa shape index (κ1) is 12.3. The van der Waals surface area contributed by atoms with Crippen molar-refractivity contribution in [3.05, 3.63) is 10.1 Å². The van der Waals surface area contributed by atoms with Gasteiger partial charge in [-0.05, 0) is 9.91 Å². The highest BCUT2D eigenvalue weighted by atomic mass is 16.6. The molecule has 9 nitrogen and oxygen atoms in total. The molecule has 16 heavy (non-hydrogen) atoms. The second-order valence-electron chi connectivity index (χ2n) is 3.03. The van der Waals surface area contributed by atoms with E-state index in [9.17, 15) is 10.1 Å². The van der Waals surface area contributed by atoms with E-state index in [-0.39, 0.29) is 32.3 Å². The van der Waals surface area contributed by atoms with Crippen molar-refractivity contribution < 1.29 is 15.1 Å². The van der Waals surface area contributed by atoms with Gasteiger partial charge in [-0.2, -0.15) is 4.68 Å². The number of rotatable bonds is 6. The Morgan fingerprint density at radius 3 is 2.38 bits per heavy atom. The number of nitro groups is 1. The number of nitrogens with zero attached hydrogens (tertiary/aromatic N) is 5. The first-order valence-corrected chi connectivity index (χ1v) is 4.62. The van der Waals surface area contributed by atoms with Gasteiger partial charge in [-0.1, -0.05) is 0 Å². The molecule has 1 aromatic rings. The minimum atomic E-state index is -0.695. The number of anilines is 1. The largest absolute Gasteiger partial charge is 0.493 e. The van der Waals surface area contributed by atoms with E-state index in [0.717, 1.165) is 0 Å². The second-order valence-corrected chi connectivity index (χ2v) is 3.03. The molecule has 0 amide bonds. The molecule has 0 saturated heterocycles. The summed E-state index contributed by atoms with van der Waals surface area (Å²) < 4.78 is 1.24. The summed E-state index contributed by atoms with van der Waals surface area (Å²) in [6, 6.07) is 0. The molecule has 0 aromatic carbocycles. The van der Waals surface area contributed by atoms with Crippen LogP contribution in [0.1, 0.15) is 0 Å². The quantitative estimate of drug-likeness (QED) is 0.452. The van der Waals surface area contributed by atoms with Crippen molar-refractivity contribution in [2.24, 2.45) is 7.05 Å². The van der Waals surface area contributed by atoms with Crippen LogP contribution >= 0.6 is 0 Å². The summed E-state index contributed by atoms with van der Waals surface area (Å²) in [6.45, 7) is 0.176. The van der Waals surface area contributed by atoms with Crippen molar-refractivity contribution in [2.45, 2.75) is 0 Å². The van der Waals surface area contributed by atoms with Crippen LogP contribution in [0.3, 0.4) is 0 Å². The van der Waals surface area contributed by atoms with E-state index in [4.69, 9.17) is 10.2 Å². The standard InChI is InChI=1S/C7H13N5O4/c1-10-7(8-6(9-10)12(15)16)11(2-4-13)3-5-14/h13-14H,2-5H2,1H3. The van der Waals surface area contributed by atoms with Gasteiger partial charge in [0, 0.05) is 25.2 Å². The molecule has 0 bridgehead atoms. The van der Waals surface area contributed by atoms with Crippen LogP contribution in [0.2, 0.25) is 0 Å². The van der Waals surface area contributed by atoms with Crippen LogP contribution in [0.4, 0.5) is 11.9 Å². The summed E-state index contributed by atoms with van der Waals surface area (Å²) >= 11 is 0. The van der Waals surface area contributed by atoms with Crippen LogP contribution in [0.25, 0.3) is 0 Å². The maximum absolute atomic E-state index is 10.5. The molecule has 90 valence electrons. The lowest BCUT2D eigenvalue weighted by atomic mass is 10.5. The van der Waals surface area contributed by atoms with Crippen LogP contribution in [-0.4, -0.2) is 56.2 Å². The Labute approximate surface area is 91.1 Å². The van der Waals surface area contributed by atoms with Crippen molar-refractivity contribution in [2.75, 3.05) is 31.2 Å². The maximum atomic E-state index is 10.5. The number of hydrogen-bond acceptors (Lipinski definition) is 7. The molecule has 0 fully saturated rings. The van der Waals surface area contributed by atoms with Gasteiger partial charge in [-0.15, -0.1) is 0 Å². The van der Waals surface area contributed by atoms with Gasteiger partial charge in [0.15, 0.2) is 0 Å². The molecule has 0 radical (unpaired) electrons. The smallest absolute Gasteiger partial charge is 0.395 e. The van der Waals surface area contributed by atoms with Crippen molar-refractivity contribution in [1.29, 1.82) is 0 Å². The molecule has 0 saturated carbocycles. The summed E-state index contributed by atoms with van der Waals surface area (Å²) in [5.41, 5.74) is 0. The molecule has 0 spiro atoms. The number of aliphatic hydroxyl groups is 2. The predicted molar refractivity (Wildman–Crippen MR) is 54.0 cm³/mol. The molecule has 0 aliphatic heterocycles. The van der Waals surface area contributed by atoms with Crippen LogP contribution in [0, 0.1) is 10.1 Å². The van der Waals surface area contributed by atoms with Crippen LogP contribution < -0.4 is 4.90 Å². The summed E-state index contributed by atoms with van der Waals surface area (Å²) in [6.07, 6.45) is 0. The summed E-state index contributed by atoms with van der Waals surface area (Å²) in [7, 11) is 1.51. The van der Waals surface area contributed by atoms with Gasteiger partial charge in [-0.3, -0.25) is 0 Å². The Bertz CT molecular complexity index is 360. The third-order valence-corrected chi connectivity index (χ3v) is 1.91. The van der Waals surface area contributed by atoms with Gasteiger partial charge in [0.05, 0.1) is 13.2 Å². The lowest BCUT2D eigenvalue weighted by molar-refractivity contribution is -0.394. The molecule has 1 rings (SSSR count). The van der Waals surface area contributed by atoms with Gasteiger partial charge in [0.25, 0.3) is 0 Å². The zero-order valence-electron chi connectivity index (χ0n) is 8.78. The van der Waals surface area contributed by atoms with Crippen molar-refractivity contribution >= 4 is 11.9 Å². The van der Waals surface area contributed by atoms with Gasteiger partial charge < -0.3 is 25.2 Å². The zero-order valence-corrected chi connectivity index (χ0v) is 8.78. The van der Waals surface area contributed by atoms with Gasteiger partial charge in [0.2, 0.25) is 0 Å². The van der Waals surface area contributed by atoms with Gasteiger partial charge >= 0.3 is 11.9 Å². The summed E-state index contributed by atoms with van der Waals surface area (Å²) in [5, 5.41) is 31.7. The maximum Gasteiger partial charge on any atom is 0.493 e. The van der Waals surface area contributed by atoms with Crippen molar-refractivity contribution in [3.63, 3.8) is 0 Å². The van der Waals surface area contributed by atoms with E-state index in [0.29, 0.717) is 0 Å². The highest BCUT2D eigenvalue weighted by Gasteiger charge is 2.23. The van der Waals surface area contributed by atoms with Gasteiger partial charge in [0.1, 0.15) is 0 Å². The van der Waals surface area contributed by atoms with Crippen molar-refractivity contribution in [1.82, 2.24) is 14.8 Å². The SMILES string of the molecule is Cn1nc([N+](=O)[O-])nc1N(CCO)CCO. The van der Waals surface area contributed by atoms with E-state index < -0.39 is 10.9 Å². The average Bonchev–Trinajstić information content (AvgIpc) is 2.60. The zero-order chi connectivity index (χ0) is 12.1. The lowest BCUT2D eigenvalue weighted by Crippen LogP contribution is -2.31. The molecule has 2 N–H and O–H groups in total. The highest BCUT2D eigenvalue weighted by Crippen LogP contribution is 2.13. The monoisotopic (exact) mass is 231 g/mol. The van der Waals surface area contributed by atoms with E-state index in [1.54, 1.807) is 0 Å². The normalized spacial score (nSPS) is 10.4. The van der Waals surface area contributed by atoms with E-state index in [1.165, 1.54) is 16.6 Å². The predicted octanol–water partition coefficient (Wildman–Crippen LogP) is -1.49. The fourth-order valence-electron chi connectivity index (χ4n) is 1.27. The van der Waals surface area contributed by atoms with Crippen molar-refractivity contribution in [3.8, 4) is 0 Å². The summed E-state index contributed by atoms with van der Waals surface area (Å²) in [4.78, 5) is 15.0. The molecular weight excluding hydrogens is 218 g/mol. The first-order valence-electron chi connectivity index (χ1n) is 4.62. The van der Waals surface area contributed by atoms with E-state index in [1.807, 2.05) is 0 Å². The Hall–Kier alpha value is -1.74. The third kappa shape index (κ3) is 2.64. The molecule has 1 heterocycles. The lowest BCUT2D eigenvalue weighted by Gasteiger charge is -2.17. The minimum absolute atomic E-state index is 0.138. The number of aliphatic hydroxyl groups excluding tert-OH is 2. The second kappa shape index (κ2) is 5.37. The Balaban J connectivity index is 2.94. The molecular formula is C7H13N5O4. The van der Waals surface area contributed by atoms with E-state index in [2.05, 4.69) is 10.1 Å². The van der Waals surface area contributed by atoms with Crippen LogP contribution in [0.5, 0.6) is 0 Å². The Morgan fingerprint density at radius 1 is 1.44 bits per heavy atom. The van der Waals surface area contributed by atoms with E-state index >= 15 is 0 Å². The minimum Gasteiger partial charge on any atom is -0.395 e. The number of hydrogen-bond donors (Lipinski definition) is 2. The third-order valence-electron chi connectivity index (χ3n) is 1.91. The summed E-state index contributed by atoms with van der Waals surface area (Å²) in [5.74, 6) is -0.256. The topological polar surface area (TPSA) is 118 Å². The molecule has 0 aliphatic carbocycles. The highest BCUT2D eigenvalue weighted by molar-refractivity contribution is 5.32. The molecule has 1 aromatic heterocycles. The van der Waals surface area contributed by atoms with Gasteiger partial charge in [-0.25, -0.2) is 0 Å². The first-order chi connectivity index (χ1) is 7.60. The fourth-order valence-corrected chi connectivity index (χ4v) is 1.27. The Morgan fingerprint density at radius 2 is 2.00 bits per heavy atom. The Kier molecular flexibility index (Phi) is 4.14. The van der Waals surface area contributed by atoms with Crippen LogP contribution in [-0.2, 0) is 7.05 Å². The molecule has 9 heteroatoms. The van der Waals surface area contributed by atoms with Crippen LogP contribution in [0.15, 0.2) is 0 Å². The average molecular weight is 231 g/mol.